The third kappa shape index (κ3) is 4.10. The highest BCUT2D eigenvalue weighted by molar-refractivity contribution is 5.72. The fraction of sp³-hybridized carbons (Fsp3) is 0.148. The normalized spacial score (nSPS) is 11.1. The molecule has 0 saturated carbocycles. The number of hydrogen-bond acceptors (Lipinski definition) is 5. The first kappa shape index (κ1) is 22.2. The first-order valence-corrected chi connectivity index (χ1v) is 11.1. The lowest BCUT2D eigenvalue weighted by atomic mass is 10.1. The van der Waals surface area contributed by atoms with Gasteiger partial charge in [-0.1, -0.05) is 54.6 Å². The van der Waals surface area contributed by atoms with Gasteiger partial charge in [0.15, 0.2) is 11.2 Å². The Morgan fingerprint density at radius 3 is 2.23 bits per heavy atom. The average Bonchev–Trinajstić information content (AvgIpc) is 3.25. The Hall–Kier alpha value is -4.59. The summed E-state index contributed by atoms with van der Waals surface area (Å²) >= 11 is 0. The monoisotopic (exact) mass is 468 g/mol. The van der Waals surface area contributed by atoms with Crippen molar-refractivity contribution in [3.05, 3.63) is 105 Å². The highest BCUT2D eigenvalue weighted by Gasteiger charge is 2.20. The van der Waals surface area contributed by atoms with Crippen LogP contribution in [-0.2, 0) is 20.6 Å². The zero-order valence-corrected chi connectivity index (χ0v) is 19.6. The lowest BCUT2D eigenvalue weighted by molar-refractivity contribution is 0.363. The minimum atomic E-state index is -0.441. The topological polar surface area (TPSA) is 80.3 Å². The van der Waals surface area contributed by atoms with Gasteiger partial charge < -0.3 is 9.47 Å². The van der Waals surface area contributed by atoms with E-state index in [2.05, 4.69) is 17.1 Å². The van der Waals surface area contributed by atoms with Crippen molar-refractivity contribution >= 4 is 11.2 Å². The van der Waals surface area contributed by atoms with Gasteiger partial charge in [-0.3, -0.25) is 18.5 Å². The summed E-state index contributed by atoms with van der Waals surface area (Å²) < 4.78 is 15.6. The second kappa shape index (κ2) is 8.98. The standard InChI is InChI=1S/C27H24N4O4/c1-29-24-23(25(32)30(2)27(29)33)31(26(28-24)34-3)17-18-8-7-11-22(16-18)35-21-14-12-20(13-15-21)19-9-5-4-6-10-19/h4-16H,17H2,1-3H3. The lowest BCUT2D eigenvalue weighted by Gasteiger charge is -2.11. The fourth-order valence-electron chi connectivity index (χ4n) is 4.10. The summed E-state index contributed by atoms with van der Waals surface area (Å²) in [5.41, 5.74) is 2.85. The number of benzene rings is 3. The number of aromatic nitrogens is 4. The van der Waals surface area contributed by atoms with Crippen LogP contribution in [0, 0.1) is 0 Å². The van der Waals surface area contributed by atoms with E-state index in [4.69, 9.17) is 9.47 Å². The Balaban J connectivity index is 1.44. The Kier molecular flexibility index (Phi) is 5.70. The molecule has 0 amide bonds. The van der Waals surface area contributed by atoms with E-state index in [-0.39, 0.29) is 11.7 Å². The largest absolute Gasteiger partial charge is 0.468 e. The fourth-order valence-corrected chi connectivity index (χ4v) is 4.10. The van der Waals surface area contributed by atoms with Gasteiger partial charge in [-0.15, -0.1) is 0 Å². The van der Waals surface area contributed by atoms with Crippen LogP contribution in [-0.4, -0.2) is 25.8 Å². The summed E-state index contributed by atoms with van der Waals surface area (Å²) in [7, 11) is 4.52. The molecule has 0 fully saturated rings. The molecule has 2 heterocycles. The zero-order valence-electron chi connectivity index (χ0n) is 19.6. The van der Waals surface area contributed by atoms with Gasteiger partial charge in [0.2, 0.25) is 0 Å². The first-order valence-electron chi connectivity index (χ1n) is 11.1. The molecule has 0 spiro atoms. The van der Waals surface area contributed by atoms with Crippen molar-refractivity contribution in [2.24, 2.45) is 14.1 Å². The molecule has 5 aromatic rings. The number of fused-ring (bicyclic) bond motifs is 1. The maximum atomic E-state index is 12.9. The van der Waals surface area contributed by atoms with Gasteiger partial charge in [0.05, 0.1) is 13.7 Å². The Morgan fingerprint density at radius 1 is 0.800 bits per heavy atom. The predicted octanol–water partition coefficient (Wildman–Crippen LogP) is 3.95. The van der Waals surface area contributed by atoms with E-state index in [1.807, 2.05) is 66.7 Å². The van der Waals surface area contributed by atoms with E-state index in [0.29, 0.717) is 17.8 Å². The highest BCUT2D eigenvalue weighted by atomic mass is 16.5. The smallest absolute Gasteiger partial charge is 0.332 e. The number of rotatable bonds is 6. The van der Waals surface area contributed by atoms with Gasteiger partial charge in [0.25, 0.3) is 11.6 Å². The SMILES string of the molecule is COc1nc2c(c(=O)n(C)c(=O)n2C)n1Cc1cccc(Oc2ccc(-c3ccccc3)cc2)c1. The van der Waals surface area contributed by atoms with Crippen LogP contribution < -0.4 is 20.7 Å². The summed E-state index contributed by atoms with van der Waals surface area (Å²) in [6.07, 6.45) is 0. The maximum absolute atomic E-state index is 12.9. The van der Waals surface area contributed by atoms with E-state index in [9.17, 15) is 9.59 Å². The number of imidazole rings is 1. The minimum Gasteiger partial charge on any atom is -0.468 e. The summed E-state index contributed by atoms with van der Waals surface area (Å²) in [5.74, 6) is 1.38. The van der Waals surface area contributed by atoms with Gasteiger partial charge in [0.1, 0.15) is 11.5 Å². The van der Waals surface area contributed by atoms with Crippen LogP contribution in [0.3, 0.4) is 0 Å². The summed E-state index contributed by atoms with van der Waals surface area (Å²) in [6, 6.07) is 25.9. The molecule has 5 rings (SSSR count). The molecule has 35 heavy (non-hydrogen) atoms. The van der Waals surface area contributed by atoms with Gasteiger partial charge >= 0.3 is 5.69 Å². The Bertz CT molecular complexity index is 1630. The summed E-state index contributed by atoms with van der Waals surface area (Å²) in [4.78, 5) is 29.6. The molecule has 0 unspecified atom stereocenters. The maximum Gasteiger partial charge on any atom is 0.332 e. The number of ether oxygens (including phenoxy) is 2. The van der Waals surface area contributed by atoms with Crippen LogP contribution >= 0.6 is 0 Å². The van der Waals surface area contributed by atoms with Crippen molar-refractivity contribution in [2.75, 3.05) is 7.11 Å². The molecular formula is C27H24N4O4. The molecule has 3 aromatic carbocycles. The molecule has 0 bridgehead atoms. The Morgan fingerprint density at radius 2 is 1.51 bits per heavy atom. The van der Waals surface area contributed by atoms with Crippen molar-refractivity contribution in [3.8, 4) is 28.6 Å². The van der Waals surface area contributed by atoms with Crippen LogP contribution in [0.5, 0.6) is 17.5 Å². The molecule has 0 aliphatic carbocycles. The highest BCUT2D eigenvalue weighted by Crippen LogP contribution is 2.27. The molecule has 8 heteroatoms. The third-order valence-corrected chi connectivity index (χ3v) is 5.93. The Labute approximate surface area is 201 Å². The van der Waals surface area contributed by atoms with E-state index in [0.717, 1.165) is 27.0 Å². The van der Waals surface area contributed by atoms with Gasteiger partial charge in [-0.2, -0.15) is 4.98 Å². The van der Waals surface area contributed by atoms with Gasteiger partial charge in [0, 0.05) is 14.1 Å². The molecular weight excluding hydrogens is 444 g/mol. The van der Waals surface area contributed by atoms with Crippen molar-refractivity contribution in [2.45, 2.75) is 6.54 Å². The third-order valence-electron chi connectivity index (χ3n) is 5.93. The zero-order chi connectivity index (χ0) is 24.5. The summed E-state index contributed by atoms with van der Waals surface area (Å²) in [5, 5.41) is 0. The van der Waals surface area contributed by atoms with Crippen molar-refractivity contribution in [3.63, 3.8) is 0 Å². The van der Waals surface area contributed by atoms with Crippen LogP contribution in [0.1, 0.15) is 5.56 Å². The number of hydrogen-bond donors (Lipinski definition) is 0. The van der Waals surface area contributed by atoms with Crippen molar-refractivity contribution in [1.82, 2.24) is 18.7 Å². The van der Waals surface area contributed by atoms with Crippen molar-refractivity contribution in [1.29, 1.82) is 0 Å². The number of nitrogens with zero attached hydrogens (tertiary/aromatic N) is 4. The molecule has 0 saturated heterocycles. The van der Waals surface area contributed by atoms with Crippen LogP contribution in [0.4, 0.5) is 0 Å². The molecule has 0 N–H and O–H groups in total. The first-order chi connectivity index (χ1) is 17.0. The number of aryl methyl sites for hydroxylation is 1. The van der Waals surface area contributed by atoms with E-state index < -0.39 is 11.2 Å². The van der Waals surface area contributed by atoms with E-state index in [1.54, 1.807) is 11.6 Å². The van der Waals surface area contributed by atoms with Crippen molar-refractivity contribution < 1.29 is 9.47 Å². The lowest BCUT2D eigenvalue weighted by Crippen LogP contribution is -2.37. The average molecular weight is 469 g/mol. The quantitative estimate of drug-likeness (QED) is 0.377. The van der Waals surface area contributed by atoms with Crippen LogP contribution in [0.2, 0.25) is 0 Å². The van der Waals surface area contributed by atoms with Gasteiger partial charge in [-0.25, -0.2) is 4.79 Å². The van der Waals surface area contributed by atoms with E-state index >= 15 is 0 Å². The molecule has 2 aromatic heterocycles. The second-order valence-corrected chi connectivity index (χ2v) is 8.20. The van der Waals surface area contributed by atoms with Crippen LogP contribution in [0.25, 0.3) is 22.3 Å². The molecule has 0 aliphatic heterocycles. The molecule has 0 radical (unpaired) electrons. The van der Waals surface area contributed by atoms with Crippen LogP contribution in [0.15, 0.2) is 88.5 Å². The molecule has 176 valence electrons. The second-order valence-electron chi connectivity index (χ2n) is 8.20. The minimum absolute atomic E-state index is 0.251. The number of methoxy groups -OCH3 is 1. The molecule has 0 aliphatic rings. The van der Waals surface area contributed by atoms with Gasteiger partial charge in [-0.05, 0) is 41.0 Å². The van der Waals surface area contributed by atoms with E-state index in [1.165, 1.54) is 18.7 Å². The summed E-state index contributed by atoms with van der Waals surface area (Å²) in [6.45, 7) is 0.317. The predicted molar refractivity (Wildman–Crippen MR) is 134 cm³/mol. The molecule has 0 atom stereocenters. The molecule has 8 nitrogen and oxygen atoms in total.